The van der Waals surface area contributed by atoms with Crippen LogP contribution in [0.1, 0.15) is 20.3 Å². The van der Waals surface area contributed by atoms with E-state index in [9.17, 15) is 45.5 Å². The Hall–Kier alpha value is -3.12. The maximum absolute atomic E-state index is 12.5. The minimum absolute atomic E-state index is 0.00297. The highest BCUT2D eigenvalue weighted by Gasteiger charge is 2.58. The predicted molar refractivity (Wildman–Crippen MR) is 126 cm³/mol. The monoisotopic (exact) mass is 558 g/mol. The molecule has 216 valence electrons. The van der Waals surface area contributed by atoms with Crippen molar-refractivity contribution in [3.8, 4) is 5.75 Å². The molecular weight excluding hydrogens is 528 g/mol. The largest absolute Gasteiger partial charge is 0.477 e. The van der Waals surface area contributed by atoms with Crippen molar-refractivity contribution in [2.75, 3.05) is 6.61 Å². The van der Waals surface area contributed by atoms with Crippen molar-refractivity contribution in [3.05, 3.63) is 44.8 Å². The molecule has 1 aromatic rings. The van der Waals surface area contributed by atoms with Crippen molar-refractivity contribution < 1.29 is 59.3 Å². The van der Waals surface area contributed by atoms with Crippen LogP contribution in [0.3, 0.4) is 0 Å². The van der Waals surface area contributed by atoms with Gasteiger partial charge in [-0.15, -0.1) is 0 Å². The number of azide groups is 1. The Balaban J connectivity index is 1.93. The van der Waals surface area contributed by atoms with Crippen LogP contribution in [0.5, 0.6) is 5.75 Å². The van der Waals surface area contributed by atoms with Crippen LogP contribution in [0.2, 0.25) is 0 Å². The first-order chi connectivity index (χ1) is 18.3. The van der Waals surface area contributed by atoms with E-state index in [0.717, 1.165) is 12.1 Å². The summed E-state index contributed by atoms with van der Waals surface area (Å²) in [6, 6.07) is 3.32. The summed E-state index contributed by atoms with van der Waals surface area (Å²) in [5.74, 6) is -5.31. The van der Waals surface area contributed by atoms with Crippen LogP contribution < -0.4 is 4.74 Å². The van der Waals surface area contributed by atoms with Crippen LogP contribution >= 0.6 is 0 Å². The van der Waals surface area contributed by atoms with Crippen LogP contribution in [0.4, 0.5) is 5.69 Å². The van der Waals surface area contributed by atoms with Gasteiger partial charge in [-0.2, -0.15) is 0 Å². The molecule has 0 spiro atoms. The third-order valence-corrected chi connectivity index (χ3v) is 6.72. The number of ether oxygens (including phenoxy) is 4. The second-order valence-electron chi connectivity index (χ2n) is 9.37. The number of aliphatic carboxylic acids is 1. The molecule has 3 rings (SSSR count). The number of carboxylic acids is 1. The molecule has 0 amide bonds. The maximum atomic E-state index is 12.5. The third kappa shape index (κ3) is 6.38. The van der Waals surface area contributed by atoms with Gasteiger partial charge in [0.05, 0.1) is 35.9 Å². The molecule has 17 nitrogen and oxygen atoms in total. The van der Waals surface area contributed by atoms with E-state index in [1.165, 1.54) is 26.0 Å². The van der Waals surface area contributed by atoms with E-state index in [1.54, 1.807) is 0 Å². The molecule has 0 saturated carbocycles. The maximum Gasteiger partial charge on any atom is 0.364 e. The first kappa shape index (κ1) is 30.4. The van der Waals surface area contributed by atoms with Gasteiger partial charge < -0.3 is 49.6 Å². The topological polar surface area (TPSA) is 267 Å². The summed E-state index contributed by atoms with van der Waals surface area (Å²) >= 11 is 0. The van der Waals surface area contributed by atoms with E-state index in [-0.39, 0.29) is 11.4 Å². The van der Waals surface area contributed by atoms with Gasteiger partial charge >= 0.3 is 5.97 Å². The average Bonchev–Trinajstić information content (AvgIpc) is 2.89. The molecule has 2 saturated heterocycles. The molecule has 0 aliphatic carbocycles. The number of aliphatic hydroxyl groups excluding tert-OH is 5. The van der Waals surface area contributed by atoms with E-state index in [0.29, 0.717) is 0 Å². The number of aliphatic hydroxyl groups is 5. The summed E-state index contributed by atoms with van der Waals surface area (Å²) < 4.78 is 22.3. The number of rotatable bonds is 10. The van der Waals surface area contributed by atoms with Gasteiger partial charge in [0.15, 0.2) is 0 Å². The number of non-ortho nitro benzene ring substituents is 1. The van der Waals surface area contributed by atoms with Gasteiger partial charge in [-0.05, 0) is 24.6 Å². The molecule has 2 heterocycles. The zero-order valence-corrected chi connectivity index (χ0v) is 20.8. The summed E-state index contributed by atoms with van der Waals surface area (Å²) in [6.07, 6.45) is -13.4. The molecule has 1 aromatic carbocycles. The van der Waals surface area contributed by atoms with E-state index < -0.39 is 90.7 Å². The van der Waals surface area contributed by atoms with Gasteiger partial charge in [-0.3, -0.25) is 10.1 Å². The Morgan fingerprint density at radius 3 is 2.46 bits per heavy atom. The molecule has 6 N–H and O–H groups in total. The fourth-order valence-electron chi connectivity index (χ4n) is 4.49. The van der Waals surface area contributed by atoms with Crippen molar-refractivity contribution in [3.63, 3.8) is 0 Å². The smallest absolute Gasteiger partial charge is 0.364 e. The molecule has 0 aromatic heterocycles. The summed E-state index contributed by atoms with van der Waals surface area (Å²) in [5.41, 5.74) is 8.68. The lowest BCUT2D eigenvalue weighted by Gasteiger charge is -2.49. The highest BCUT2D eigenvalue weighted by molar-refractivity contribution is 5.76. The van der Waals surface area contributed by atoms with E-state index in [2.05, 4.69) is 10.0 Å². The van der Waals surface area contributed by atoms with Gasteiger partial charge in [0.2, 0.25) is 6.29 Å². The molecular formula is C22H30N4O13. The van der Waals surface area contributed by atoms with Crippen LogP contribution in [0, 0.1) is 16.0 Å². The van der Waals surface area contributed by atoms with Crippen molar-refractivity contribution in [1.82, 2.24) is 0 Å². The second kappa shape index (κ2) is 12.4. The lowest BCUT2D eigenvalue weighted by molar-refractivity contribution is -0.384. The number of hydrogen-bond donors (Lipinski definition) is 6. The molecule has 17 heteroatoms. The highest BCUT2D eigenvalue weighted by Crippen LogP contribution is 2.40. The Morgan fingerprint density at radius 1 is 1.31 bits per heavy atom. The molecule has 2 fully saturated rings. The molecule has 3 unspecified atom stereocenters. The molecule has 0 bridgehead atoms. The Labute approximate surface area is 220 Å². The Kier molecular flexibility index (Phi) is 9.65. The minimum Gasteiger partial charge on any atom is -0.477 e. The highest BCUT2D eigenvalue weighted by atomic mass is 16.7. The van der Waals surface area contributed by atoms with Gasteiger partial charge in [-0.25, -0.2) is 4.79 Å². The zero-order valence-electron chi connectivity index (χ0n) is 20.8. The fraction of sp³-hybridized carbons (Fsp3) is 0.682. The number of benzene rings is 1. The number of nitro benzene ring substituents is 1. The number of carbonyl (C=O) groups is 1. The molecule has 2 aliphatic heterocycles. The normalized spacial score (nSPS) is 36.3. The van der Waals surface area contributed by atoms with Crippen LogP contribution in [0.15, 0.2) is 29.4 Å². The standard InChI is InChI=1S/C22H30N4O13/c1-9-13(29)7-22(21(32)33,38-18(9)15(10(2)28)24-25-23)39-19-16(30)14(8-27)37-20(17(19)31)36-12-5-3-11(4-6-12)26(34)35/h3-6,9-10,13-20,27-31H,7-8H2,1-2H3,(H,32,33)/t9-,10-,13-,14?,15-,16+,17?,18?,19+,20-,22+/m1/s1. The molecule has 11 atom stereocenters. The van der Waals surface area contributed by atoms with Crippen molar-refractivity contribution >= 4 is 11.7 Å². The lowest BCUT2D eigenvalue weighted by atomic mass is 9.83. The van der Waals surface area contributed by atoms with Gasteiger partial charge in [0.25, 0.3) is 11.5 Å². The second-order valence-corrected chi connectivity index (χ2v) is 9.37. The van der Waals surface area contributed by atoms with E-state index in [1.807, 2.05) is 0 Å². The molecule has 0 radical (unpaired) electrons. The van der Waals surface area contributed by atoms with Gasteiger partial charge in [0, 0.05) is 29.4 Å². The SMILES string of the molecule is C[C@@H](O)[C@@H](N=[N+]=[N-])C1O[C@@](O[C@@H]2C(O)[C@H](Oc3ccc([N+](=O)[O-])cc3)OC(CO)[C@@H]2O)(C(=O)O)C[C@@H](O)[C@H]1C. The number of nitrogens with zero attached hydrogens (tertiary/aromatic N) is 4. The van der Waals surface area contributed by atoms with E-state index >= 15 is 0 Å². The number of nitro groups is 1. The van der Waals surface area contributed by atoms with Gasteiger partial charge in [0.1, 0.15) is 30.2 Å². The third-order valence-electron chi connectivity index (χ3n) is 6.72. The number of hydrogen-bond acceptors (Lipinski definition) is 13. The van der Waals surface area contributed by atoms with Crippen molar-refractivity contribution in [2.24, 2.45) is 11.0 Å². The predicted octanol–water partition coefficient (Wildman–Crippen LogP) is -0.576. The fourth-order valence-corrected chi connectivity index (χ4v) is 4.49. The number of carboxylic acid groups (broad SMARTS) is 1. The average molecular weight is 558 g/mol. The first-order valence-electron chi connectivity index (χ1n) is 11.9. The quantitative estimate of drug-likeness (QED) is 0.0691. The van der Waals surface area contributed by atoms with E-state index in [4.69, 9.17) is 24.5 Å². The Bertz CT molecular complexity index is 1070. The summed E-state index contributed by atoms with van der Waals surface area (Å²) in [4.78, 5) is 25.4. The van der Waals surface area contributed by atoms with Crippen LogP contribution in [-0.2, 0) is 19.0 Å². The molecule has 2 aliphatic rings. The Morgan fingerprint density at radius 2 is 1.95 bits per heavy atom. The zero-order chi connectivity index (χ0) is 29.1. The van der Waals surface area contributed by atoms with Crippen molar-refractivity contribution in [2.45, 2.75) is 81.1 Å². The van der Waals surface area contributed by atoms with Crippen LogP contribution in [0.25, 0.3) is 10.4 Å². The van der Waals surface area contributed by atoms with Gasteiger partial charge in [-0.1, -0.05) is 12.0 Å². The van der Waals surface area contributed by atoms with Crippen LogP contribution in [-0.4, -0.2) is 109 Å². The summed E-state index contributed by atoms with van der Waals surface area (Å²) in [7, 11) is 0. The lowest BCUT2D eigenvalue weighted by Crippen LogP contribution is -2.67. The molecule has 39 heavy (non-hydrogen) atoms. The summed E-state index contributed by atoms with van der Waals surface area (Å²) in [5, 5.41) is 76.7. The minimum atomic E-state index is -2.71. The van der Waals surface area contributed by atoms with Crippen molar-refractivity contribution in [1.29, 1.82) is 0 Å². The summed E-state index contributed by atoms with van der Waals surface area (Å²) in [6.45, 7) is 1.95. The first-order valence-corrected chi connectivity index (χ1v) is 11.9.